The Bertz CT molecular complexity index is 520. The van der Waals surface area contributed by atoms with Crippen LogP contribution in [-0.2, 0) is 18.7 Å². The van der Waals surface area contributed by atoms with Gasteiger partial charge in [0.15, 0.2) is 14.1 Å². The number of amides is 1. The van der Waals surface area contributed by atoms with Gasteiger partial charge in [-0.3, -0.25) is 9.69 Å². The number of Topliss-reactive ketones (excluding diaryl/α,β-unsaturated/α-hetero) is 1. The SMILES string of the molecule is CC(C)(C)OC(=O)N1CC(=O)C2OCC(O[Si](C)(C)C(C)(C)C)C21. The molecule has 0 spiro atoms. The zero-order valence-electron chi connectivity index (χ0n) is 16.1. The number of carbonyl (C=O) groups excluding carboxylic acids is 2. The van der Waals surface area contributed by atoms with Crippen LogP contribution in [0.1, 0.15) is 41.5 Å². The molecule has 0 bridgehead atoms. The summed E-state index contributed by atoms with van der Waals surface area (Å²) in [4.78, 5) is 26.2. The Morgan fingerprint density at radius 1 is 1.21 bits per heavy atom. The average molecular weight is 358 g/mol. The molecule has 3 unspecified atom stereocenters. The van der Waals surface area contributed by atoms with Gasteiger partial charge in [0.2, 0.25) is 0 Å². The summed E-state index contributed by atoms with van der Waals surface area (Å²) in [5, 5.41) is 0.0461. The lowest BCUT2D eigenvalue weighted by molar-refractivity contribution is -0.124. The van der Waals surface area contributed by atoms with Crippen LogP contribution in [0, 0.1) is 0 Å². The zero-order chi connectivity index (χ0) is 18.5. The first-order valence-electron chi connectivity index (χ1n) is 8.55. The molecule has 2 heterocycles. The van der Waals surface area contributed by atoms with Crippen LogP contribution in [0.2, 0.25) is 18.1 Å². The minimum atomic E-state index is -2.03. The summed E-state index contributed by atoms with van der Waals surface area (Å²) in [6, 6.07) is -0.388. The molecule has 2 fully saturated rings. The first kappa shape index (κ1) is 19.4. The molecular weight excluding hydrogens is 326 g/mol. The van der Waals surface area contributed by atoms with E-state index in [-0.39, 0.29) is 29.5 Å². The normalized spacial score (nSPS) is 28.2. The molecule has 138 valence electrons. The summed E-state index contributed by atoms with van der Waals surface area (Å²) >= 11 is 0. The maximum atomic E-state index is 12.5. The number of rotatable bonds is 2. The van der Waals surface area contributed by atoms with Crippen LogP contribution in [0.3, 0.4) is 0 Å². The molecule has 3 atom stereocenters. The number of nitrogens with zero attached hydrogens (tertiary/aromatic N) is 1. The number of likely N-dealkylation sites (tertiary alicyclic amines) is 1. The van der Waals surface area contributed by atoms with Gasteiger partial charge in [-0.25, -0.2) is 4.79 Å². The number of ether oxygens (including phenoxy) is 2. The maximum Gasteiger partial charge on any atom is 0.411 e. The molecule has 0 saturated carbocycles. The van der Waals surface area contributed by atoms with E-state index >= 15 is 0 Å². The molecule has 2 aliphatic heterocycles. The van der Waals surface area contributed by atoms with Gasteiger partial charge in [0, 0.05) is 0 Å². The van der Waals surface area contributed by atoms with Crippen LogP contribution >= 0.6 is 0 Å². The molecule has 0 aromatic rings. The van der Waals surface area contributed by atoms with Crippen LogP contribution in [0.5, 0.6) is 0 Å². The fourth-order valence-electron chi connectivity index (χ4n) is 2.77. The Labute approximate surface area is 145 Å². The van der Waals surface area contributed by atoms with E-state index in [1.54, 1.807) is 0 Å². The van der Waals surface area contributed by atoms with Gasteiger partial charge in [-0.1, -0.05) is 20.8 Å². The highest BCUT2D eigenvalue weighted by atomic mass is 28.4. The third-order valence-electron chi connectivity index (χ3n) is 5.01. The van der Waals surface area contributed by atoms with Gasteiger partial charge in [-0.15, -0.1) is 0 Å². The molecule has 2 aliphatic rings. The van der Waals surface area contributed by atoms with Crippen molar-refractivity contribution in [2.24, 2.45) is 0 Å². The second-order valence-corrected chi connectivity index (χ2v) is 14.0. The number of ketones is 1. The van der Waals surface area contributed by atoms with Gasteiger partial charge in [0.25, 0.3) is 0 Å². The van der Waals surface area contributed by atoms with Crippen LogP contribution in [0.25, 0.3) is 0 Å². The van der Waals surface area contributed by atoms with Crippen molar-refractivity contribution >= 4 is 20.2 Å². The quantitative estimate of drug-likeness (QED) is 0.711. The summed E-state index contributed by atoms with van der Waals surface area (Å²) in [5.41, 5.74) is -0.604. The van der Waals surface area contributed by atoms with Crippen molar-refractivity contribution in [2.75, 3.05) is 13.2 Å². The van der Waals surface area contributed by atoms with Crippen molar-refractivity contribution < 1.29 is 23.5 Å². The summed E-state index contributed by atoms with van der Waals surface area (Å²) in [5.74, 6) is -0.0767. The van der Waals surface area contributed by atoms with Gasteiger partial charge in [-0.2, -0.15) is 0 Å². The highest BCUT2D eigenvalue weighted by molar-refractivity contribution is 6.74. The molecule has 7 heteroatoms. The first-order valence-corrected chi connectivity index (χ1v) is 11.5. The monoisotopic (exact) mass is 357 g/mol. The summed E-state index contributed by atoms with van der Waals surface area (Å²) < 4.78 is 17.6. The Hall–Kier alpha value is -0.923. The van der Waals surface area contributed by atoms with E-state index in [1.165, 1.54) is 4.90 Å². The third-order valence-corrected chi connectivity index (χ3v) is 9.52. The van der Waals surface area contributed by atoms with Crippen molar-refractivity contribution in [3.05, 3.63) is 0 Å². The van der Waals surface area contributed by atoms with Crippen molar-refractivity contribution in [1.82, 2.24) is 4.90 Å². The molecule has 0 aliphatic carbocycles. The van der Waals surface area contributed by atoms with E-state index in [0.29, 0.717) is 6.61 Å². The lowest BCUT2D eigenvalue weighted by atomic mass is 10.1. The van der Waals surface area contributed by atoms with E-state index < -0.39 is 26.1 Å². The molecule has 6 nitrogen and oxygen atoms in total. The minimum absolute atomic E-state index is 0.0294. The molecule has 0 aromatic heterocycles. The van der Waals surface area contributed by atoms with E-state index in [1.807, 2.05) is 20.8 Å². The lowest BCUT2D eigenvalue weighted by Crippen LogP contribution is -2.52. The van der Waals surface area contributed by atoms with E-state index in [2.05, 4.69) is 33.9 Å². The number of hydrogen-bond donors (Lipinski definition) is 0. The highest BCUT2D eigenvalue weighted by Crippen LogP contribution is 2.40. The van der Waals surface area contributed by atoms with Gasteiger partial charge in [0.1, 0.15) is 11.7 Å². The number of carbonyl (C=O) groups is 2. The van der Waals surface area contributed by atoms with Gasteiger partial charge < -0.3 is 13.9 Å². The van der Waals surface area contributed by atoms with Crippen molar-refractivity contribution in [3.8, 4) is 0 Å². The second kappa shape index (κ2) is 6.11. The second-order valence-electron chi connectivity index (χ2n) is 9.24. The molecule has 0 radical (unpaired) electrons. The van der Waals surface area contributed by atoms with Crippen LogP contribution in [0.4, 0.5) is 4.79 Å². The van der Waals surface area contributed by atoms with E-state index in [0.717, 1.165) is 0 Å². The number of fused-ring (bicyclic) bond motifs is 1. The van der Waals surface area contributed by atoms with Crippen molar-refractivity contribution in [2.45, 2.75) is 83.5 Å². The summed E-state index contributed by atoms with van der Waals surface area (Å²) in [6.45, 7) is 16.6. The van der Waals surface area contributed by atoms with Crippen molar-refractivity contribution in [1.29, 1.82) is 0 Å². The van der Waals surface area contributed by atoms with Crippen molar-refractivity contribution in [3.63, 3.8) is 0 Å². The standard InChI is InChI=1S/C17H31NO5Si/c1-16(2,3)22-15(20)18-9-11(19)14-13(18)12(10-21-14)23-24(7,8)17(4,5)6/h12-14H,9-10H2,1-8H3. The predicted molar refractivity (Wildman–Crippen MR) is 93.5 cm³/mol. The Morgan fingerprint density at radius 2 is 1.79 bits per heavy atom. The fraction of sp³-hybridized carbons (Fsp3) is 0.882. The maximum absolute atomic E-state index is 12.5. The Kier molecular flexibility index (Phi) is 4.94. The fourth-order valence-corrected chi connectivity index (χ4v) is 4.09. The van der Waals surface area contributed by atoms with Gasteiger partial charge in [0.05, 0.1) is 25.3 Å². The molecule has 2 rings (SSSR count). The Morgan fingerprint density at radius 3 is 2.29 bits per heavy atom. The summed E-state index contributed by atoms with van der Waals surface area (Å²) in [6.07, 6.45) is -1.35. The topological polar surface area (TPSA) is 65.1 Å². The zero-order valence-corrected chi connectivity index (χ0v) is 17.1. The smallest absolute Gasteiger partial charge is 0.411 e. The average Bonchev–Trinajstić information content (AvgIpc) is 2.88. The van der Waals surface area contributed by atoms with E-state index in [9.17, 15) is 9.59 Å². The van der Waals surface area contributed by atoms with Gasteiger partial charge in [-0.05, 0) is 38.9 Å². The van der Waals surface area contributed by atoms with Gasteiger partial charge >= 0.3 is 6.09 Å². The third kappa shape index (κ3) is 3.83. The molecule has 0 aromatic carbocycles. The van der Waals surface area contributed by atoms with Crippen LogP contribution < -0.4 is 0 Å². The molecule has 0 N–H and O–H groups in total. The Balaban J connectivity index is 2.19. The molecule has 1 amide bonds. The minimum Gasteiger partial charge on any atom is -0.444 e. The van der Waals surface area contributed by atoms with E-state index in [4.69, 9.17) is 13.9 Å². The molecule has 24 heavy (non-hydrogen) atoms. The van der Waals surface area contributed by atoms with Crippen LogP contribution in [0.15, 0.2) is 0 Å². The molecular formula is C17H31NO5Si. The molecule has 2 saturated heterocycles. The number of hydrogen-bond acceptors (Lipinski definition) is 5. The summed E-state index contributed by atoms with van der Waals surface area (Å²) in [7, 11) is -2.03. The largest absolute Gasteiger partial charge is 0.444 e. The van der Waals surface area contributed by atoms with Crippen LogP contribution in [-0.4, -0.2) is 62.1 Å². The first-order chi connectivity index (χ1) is 10.7. The highest BCUT2D eigenvalue weighted by Gasteiger charge is 2.55. The lowest BCUT2D eigenvalue weighted by Gasteiger charge is -2.40. The predicted octanol–water partition coefficient (Wildman–Crippen LogP) is 2.96.